The average molecular weight is 297 g/mol. The molecule has 2 aromatic rings. The van der Waals surface area contributed by atoms with E-state index in [1.165, 1.54) is 25.2 Å². The number of aromatic carboxylic acids is 1. The molecule has 22 heavy (non-hydrogen) atoms. The van der Waals surface area contributed by atoms with Crippen LogP contribution in [0, 0.1) is 0 Å². The second-order valence-electron chi connectivity index (χ2n) is 4.73. The molecule has 0 saturated carbocycles. The molecule has 0 heterocycles. The van der Waals surface area contributed by atoms with Gasteiger partial charge in [-0.1, -0.05) is 30.3 Å². The molecule has 1 amide bonds. The molecule has 0 atom stereocenters. The van der Waals surface area contributed by atoms with Crippen molar-refractivity contribution in [2.45, 2.75) is 6.42 Å². The molecule has 0 aliphatic rings. The highest BCUT2D eigenvalue weighted by Crippen LogP contribution is 2.16. The minimum absolute atomic E-state index is 0.0393. The Bertz CT molecular complexity index is 723. The molecule has 5 nitrogen and oxygen atoms in total. The Morgan fingerprint density at radius 1 is 1.00 bits per heavy atom. The zero-order chi connectivity index (χ0) is 16.1. The summed E-state index contributed by atoms with van der Waals surface area (Å²) in [6.45, 7) is 0. The van der Waals surface area contributed by atoms with E-state index in [1.54, 1.807) is 12.1 Å². The fourth-order valence-electron chi connectivity index (χ4n) is 2.12. The summed E-state index contributed by atoms with van der Waals surface area (Å²) in [6, 6.07) is 13.0. The third kappa shape index (κ3) is 3.38. The number of Topliss-reactive ketones (excluding diaryl/α,β-unsaturated/α-hetero) is 1. The van der Waals surface area contributed by atoms with Crippen LogP contribution in [0.15, 0.2) is 48.5 Å². The maximum Gasteiger partial charge on any atom is 0.336 e. The van der Waals surface area contributed by atoms with Crippen molar-refractivity contribution in [1.29, 1.82) is 0 Å². The summed E-state index contributed by atoms with van der Waals surface area (Å²) in [7, 11) is 1.47. The lowest BCUT2D eigenvalue weighted by atomic mass is 9.96. The van der Waals surface area contributed by atoms with E-state index >= 15 is 0 Å². The lowest BCUT2D eigenvalue weighted by Crippen LogP contribution is -2.19. The standard InChI is InChI=1S/C17H15NO4/c1-18-16(20)12-7-8-13(17(21)22)14(10-12)15(19)9-11-5-3-2-4-6-11/h2-8,10H,9H2,1H3,(H,18,20)(H,21,22). The van der Waals surface area contributed by atoms with E-state index in [0.717, 1.165) is 5.56 Å². The van der Waals surface area contributed by atoms with Crippen LogP contribution in [0.5, 0.6) is 0 Å². The van der Waals surface area contributed by atoms with Gasteiger partial charge in [0.2, 0.25) is 0 Å². The molecule has 0 bridgehead atoms. The zero-order valence-corrected chi connectivity index (χ0v) is 12.0. The third-order valence-corrected chi connectivity index (χ3v) is 3.25. The van der Waals surface area contributed by atoms with Gasteiger partial charge in [-0.05, 0) is 23.8 Å². The second-order valence-corrected chi connectivity index (χ2v) is 4.73. The number of benzene rings is 2. The molecular weight excluding hydrogens is 282 g/mol. The Morgan fingerprint density at radius 2 is 1.68 bits per heavy atom. The Balaban J connectivity index is 2.40. The van der Waals surface area contributed by atoms with Gasteiger partial charge in [0, 0.05) is 24.6 Å². The molecule has 2 N–H and O–H groups in total. The number of rotatable bonds is 5. The molecular formula is C17H15NO4. The van der Waals surface area contributed by atoms with Gasteiger partial charge in [-0.3, -0.25) is 9.59 Å². The summed E-state index contributed by atoms with van der Waals surface area (Å²) in [6.07, 6.45) is 0.0817. The Kier molecular flexibility index (Phi) is 4.68. The molecule has 0 saturated heterocycles. The van der Waals surface area contributed by atoms with E-state index in [2.05, 4.69) is 5.32 Å². The number of ketones is 1. The van der Waals surface area contributed by atoms with Crippen molar-refractivity contribution < 1.29 is 19.5 Å². The van der Waals surface area contributed by atoms with Gasteiger partial charge in [0.05, 0.1) is 5.56 Å². The highest BCUT2D eigenvalue weighted by Gasteiger charge is 2.19. The molecule has 112 valence electrons. The first kappa shape index (κ1) is 15.4. The maximum atomic E-state index is 12.4. The number of carbonyl (C=O) groups is 3. The number of carboxylic acids is 1. The summed E-state index contributed by atoms with van der Waals surface area (Å²) in [4.78, 5) is 35.3. The second kappa shape index (κ2) is 6.67. The van der Waals surface area contributed by atoms with Gasteiger partial charge >= 0.3 is 5.97 Å². The predicted octanol–water partition coefficient (Wildman–Crippen LogP) is 2.17. The van der Waals surface area contributed by atoms with Crippen LogP contribution < -0.4 is 5.32 Å². The molecule has 0 radical (unpaired) electrons. The average Bonchev–Trinajstić information content (AvgIpc) is 2.54. The van der Waals surface area contributed by atoms with E-state index in [-0.39, 0.29) is 34.8 Å². The van der Waals surface area contributed by atoms with Gasteiger partial charge in [0.15, 0.2) is 5.78 Å². The van der Waals surface area contributed by atoms with Crippen LogP contribution in [0.25, 0.3) is 0 Å². The van der Waals surface area contributed by atoms with Crippen LogP contribution in [-0.4, -0.2) is 29.8 Å². The Morgan fingerprint density at radius 3 is 2.27 bits per heavy atom. The zero-order valence-electron chi connectivity index (χ0n) is 12.0. The summed E-state index contributed by atoms with van der Waals surface area (Å²) in [5.74, 6) is -1.90. The largest absolute Gasteiger partial charge is 0.478 e. The van der Waals surface area contributed by atoms with Gasteiger partial charge in [0.25, 0.3) is 5.91 Å². The van der Waals surface area contributed by atoms with E-state index in [9.17, 15) is 19.5 Å². The van der Waals surface area contributed by atoms with Crippen LogP contribution in [0.4, 0.5) is 0 Å². The molecule has 0 aliphatic carbocycles. The van der Waals surface area contributed by atoms with Crippen LogP contribution in [0.3, 0.4) is 0 Å². The highest BCUT2D eigenvalue weighted by molar-refractivity contribution is 6.08. The SMILES string of the molecule is CNC(=O)c1ccc(C(=O)O)c(C(=O)Cc2ccccc2)c1. The monoisotopic (exact) mass is 297 g/mol. The van der Waals surface area contributed by atoms with Crippen LogP contribution in [0.1, 0.15) is 36.6 Å². The van der Waals surface area contributed by atoms with Gasteiger partial charge in [0.1, 0.15) is 0 Å². The normalized spacial score (nSPS) is 10.0. The van der Waals surface area contributed by atoms with E-state index < -0.39 is 5.97 Å². The summed E-state index contributed by atoms with van der Waals surface area (Å²) < 4.78 is 0. The van der Waals surface area contributed by atoms with E-state index in [1.807, 2.05) is 18.2 Å². The van der Waals surface area contributed by atoms with Gasteiger partial charge in [-0.25, -0.2) is 4.79 Å². The number of nitrogens with one attached hydrogen (secondary N) is 1. The van der Waals surface area contributed by atoms with Gasteiger partial charge < -0.3 is 10.4 Å². The number of carboxylic acid groups (broad SMARTS) is 1. The number of amides is 1. The van der Waals surface area contributed by atoms with Gasteiger partial charge in [-0.15, -0.1) is 0 Å². The minimum Gasteiger partial charge on any atom is -0.478 e. The first-order chi connectivity index (χ1) is 10.5. The molecule has 5 heteroatoms. The summed E-state index contributed by atoms with van der Waals surface area (Å²) >= 11 is 0. The predicted molar refractivity (Wildman–Crippen MR) is 81.3 cm³/mol. The first-order valence-electron chi connectivity index (χ1n) is 6.69. The van der Waals surface area contributed by atoms with Crippen LogP contribution in [0.2, 0.25) is 0 Å². The molecule has 2 rings (SSSR count). The van der Waals surface area contributed by atoms with Crippen molar-refractivity contribution >= 4 is 17.7 Å². The highest BCUT2D eigenvalue weighted by atomic mass is 16.4. The summed E-state index contributed by atoms with van der Waals surface area (Å²) in [5.41, 5.74) is 0.976. The Labute approximate surface area is 127 Å². The molecule has 0 aliphatic heterocycles. The maximum absolute atomic E-state index is 12.4. The molecule has 0 spiro atoms. The van der Waals surface area contributed by atoms with E-state index in [0.29, 0.717) is 0 Å². The summed E-state index contributed by atoms with van der Waals surface area (Å²) in [5, 5.41) is 11.7. The fourth-order valence-corrected chi connectivity index (χ4v) is 2.12. The van der Waals surface area contributed by atoms with Crippen molar-refractivity contribution in [2.75, 3.05) is 7.05 Å². The molecule has 0 aromatic heterocycles. The van der Waals surface area contributed by atoms with E-state index in [4.69, 9.17) is 0 Å². The van der Waals surface area contributed by atoms with Crippen molar-refractivity contribution in [3.05, 3.63) is 70.8 Å². The van der Waals surface area contributed by atoms with Crippen LogP contribution >= 0.6 is 0 Å². The minimum atomic E-state index is -1.19. The van der Waals surface area contributed by atoms with Crippen molar-refractivity contribution in [2.24, 2.45) is 0 Å². The number of hydrogen-bond donors (Lipinski definition) is 2. The Hall–Kier alpha value is -2.95. The molecule has 2 aromatic carbocycles. The fraction of sp³-hybridized carbons (Fsp3) is 0.118. The quantitative estimate of drug-likeness (QED) is 0.828. The van der Waals surface area contributed by atoms with Crippen molar-refractivity contribution in [3.8, 4) is 0 Å². The lowest BCUT2D eigenvalue weighted by molar-refractivity contribution is 0.0691. The topological polar surface area (TPSA) is 83.5 Å². The first-order valence-corrected chi connectivity index (χ1v) is 6.69. The lowest BCUT2D eigenvalue weighted by Gasteiger charge is -2.08. The smallest absolute Gasteiger partial charge is 0.336 e. The molecule has 0 unspecified atom stereocenters. The van der Waals surface area contributed by atoms with Gasteiger partial charge in [-0.2, -0.15) is 0 Å². The number of carbonyl (C=O) groups excluding carboxylic acids is 2. The number of hydrogen-bond acceptors (Lipinski definition) is 3. The van der Waals surface area contributed by atoms with Crippen molar-refractivity contribution in [1.82, 2.24) is 5.32 Å². The van der Waals surface area contributed by atoms with Crippen molar-refractivity contribution in [3.63, 3.8) is 0 Å². The third-order valence-electron chi connectivity index (χ3n) is 3.25. The van der Waals surface area contributed by atoms with Crippen LogP contribution in [-0.2, 0) is 6.42 Å². The molecule has 0 fully saturated rings.